The molecule has 2 heterocycles. The van der Waals surface area contributed by atoms with Gasteiger partial charge in [0.2, 0.25) is 0 Å². The zero-order valence-electron chi connectivity index (χ0n) is 13.4. The van der Waals surface area contributed by atoms with E-state index in [1.165, 1.54) is 28.1 Å². The van der Waals surface area contributed by atoms with Gasteiger partial charge < -0.3 is 0 Å². The third-order valence-corrected chi connectivity index (χ3v) is 4.37. The first kappa shape index (κ1) is 13.8. The second-order valence-electron chi connectivity index (χ2n) is 5.91. The van der Waals surface area contributed by atoms with Gasteiger partial charge in [0.05, 0.1) is 13.2 Å². The first-order valence-corrected chi connectivity index (χ1v) is 7.87. The van der Waals surface area contributed by atoms with Crippen molar-refractivity contribution in [3.8, 4) is 0 Å². The summed E-state index contributed by atoms with van der Waals surface area (Å²) in [6, 6.07) is 21.4. The van der Waals surface area contributed by atoms with E-state index >= 15 is 0 Å². The van der Waals surface area contributed by atoms with E-state index in [1.54, 1.807) is 0 Å². The van der Waals surface area contributed by atoms with Gasteiger partial charge in [-0.25, -0.2) is 4.57 Å². The van der Waals surface area contributed by atoms with E-state index < -0.39 is 0 Å². The molecule has 1 aromatic heterocycles. The maximum atomic E-state index is 2.36. The third kappa shape index (κ3) is 2.23. The minimum atomic E-state index is 1.15. The highest BCUT2D eigenvalue weighted by molar-refractivity contribution is 5.93. The Bertz CT molecular complexity index is 909. The maximum Gasteiger partial charge on any atom is 0.286 e. The van der Waals surface area contributed by atoms with Crippen LogP contribution in [0.3, 0.4) is 0 Å². The summed E-state index contributed by atoms with van der Waals surface area (Å²) in [5.41, 5.74) is 6.19. The Balaban J connectivity index is 2.08. The summed E-state index contributed by atoms with van der Waals surface area (Å²) in [6.45, 7) is 2.18. The molecule has 0 N–H and O–H groups in total. The topological polar surface area (TPSA) is 7.12 Å². The van der Waals surface area contributed by atoms with E-state index in [0.717, 1.165) is 5.82 Å². The lowest BCUT2D eigenvalue weighted by Crippen LogP contribution is -2.35. The number of aryl methyl sites for hydroxylation is 2. The van der Waals surface area contributed by atoms with Crippen LogP contribution in [0.5, 0.6) is 0 Å². The van der Waals surface area contributed by atoms with Gasteiger partial charge >= 0.3 is 0 Å². The Labute approximate surface area is 136 Å². The zero-order chi connectivity index (χ0) is 15.8. The van der Waals surface area contributed by atoms with Gasteiger partial charge in [-0.15, -0.1) is 0 Å². The quantitative estimate of drug-likeness (QED) is 0.459. The second-order valence-corrected chi connectivity index (χ2v) is 5.91. The summed E-state index contributed by atoms with van der Waals surface area (Å²) in [5, 5.41) is 0. The van der Waals surface area contributed by atoms with E-state index in [1.807, 2.05) is 0 Å². The van der Waals surface area contributed by atoms with Crippen molar-refractivity contribution in [1.82, 2.24) is 0 Å². The van der Waals surface area contributed by atoms with Gasteiger partial charge in [-0.1, -0.05) is 42.5 Å². The molecule has 0 saturated carbocycles. The number of pyridine rings is 1. The molecule has 112 valence electrons. The Kier molecular flexibility index (Phi) is 3.23. The van der Waals surface area contributed by atoms with Gasteiger partial charge in [0, 0.05) is 17.2 Å². The van der Waals surface area contributed by atoms with Gasteiger partial charge in [-0.2, -0.15) is 4.90 Å². The largest absolute Gasteiger partial charge is 0.286 e. The van der Waals surface area contributed by atoms with Crippen molar-refractivity contribution in [2.24, 2.45) is 7.05 Å². The molecule has 0 amide bonds. The standard InChI is InChI=1S/C21H19N2/c1-16-8-7-10-18-14-13-17-9-3-4-11-19(17)23(21(16)18)20-12-5-6-15-22(20)2/h3-15H,1-2H3/q+1. The molecular weight excluding hydrogens is 280 g/mol. The number of rotatable bonds is 1. The fraction of sp³-hybridized carbons (Fsp3) is 0.0952. The first-order chi connectivity index (χ1) is 11.3. The van der Waals surface area contributed by atoms with E-state index in [0.29, 0.717) is 0 Å². The minimum Gasteiger partial charge on any atom is -0.237 e. The predicted octanol–water partition coefficient (Wildman–Crippen LogP) is 4.77. The van der Waals surface area contributed by atoms with Crippen molar-refractivity contribution in [2.75, 3.05) is 4.90 Å². The second kappa shape index (κ2) is 5.40. The van der Waals surface area contributed by atoms with Crippen molar-refractivity contribution in [3.63, 3.8) is 0 Å². The molecule has 2 heteroatoms. The molecule has 0 fully saturated rings. The molecule has 0 spiro atoms. The monoisotopic (exact) mass is 299 g/mol. The first-order valence-electron chi connectivity index (χ1n) is 7.87. The summed E-state index contributed by atoms with van der Waals surface area (Å²) in [7, 11) is 2.09. The molecule has 1 aliphatic rings. The van der Waals surface area contributed by atoms with Gasteiger partial charge in [0.25, 0.3) is 5.82 Å². The molecule has 1 aliphatic heterocycles. The number of hydrogen-bond acceptors (Lipinski definition) is 1. The number of benzene rings is 2. The molecule has 23 heavy (non-hydrogen) atoms. The van der Waals surface area contributed by atoms with Crippen LogP contribution < -0.4 is 9.47 Å². The van der Waals surface area contributed by atoms with Crippen LogP contribution in [0, 0.1) is 6.92 Å². The van der Waals surface area contributed by atoms with Gasteiger partial charge in [-0.05, 0) is 36.8 Å². The number of fused-ring (bicyclic) bond motifs is 2. The smallest absolute Gasteiger partial charge is 0.237 e. The molecule has 0 radical (unpaired) electrons. The van der Waals surface area contributed by atoms with Crippen LogP contribution in [0.25, 0.3) is 12.2 Å². The molecule has 3 aromatic rings. The van der Waals surface area contributed by atoms with E-state index in [9.17, 15) is 0 Å². The van der Waals surface area contributed by atoms with Crippen molar-refractivity contribution in [2.45, 2.75) is 6.92 Å². The molecule has 0 atom stereocenters. The molecule has 4 rings (SSSR count). The fourth-order valence-electron chi connectivity index (χ4n) is 3.24. The van der Waals surface area contributed by atoms with Crippen molar-refractivity contribution >= 4 is 29.3 Å². The minimum absolute atomic E-state index is 1.15. The molecule has 0 unspecified atom stereocenters. The maximum absolute atomic E-state index is 2.36. The van der Waals surface area contributed by atoms with Crippen LogP contribution in [-0.4, -0.2) is 0 Å². The number of anilines is 3. The third-order valence-electron chi connectivity index (χ3n) is 4.37. The SMILES string of the molecule is Cc1cccc2c1N(c1cccc[n+]1C)c1ccccc1C=C2. The lowest BCUT2D eigenvalue weighted by Gasteiger charge is -2.21. The van der Waals surface area contributed by atoms with Gasteiger partial charge in [-0.3, -0.25) is 0 Å². The molecular formula is C21H19N2+. The average Bonchev–Trinajstić information content (AvgIpc) is 2.74. The van der Waals surface area contributed by atoms with Crippen LogP contribution in [0.15, 0.2) is 66.9 Å². The Hall–Kier alpha value is -2.87. The Morgan fingerprint density at radius 1 is 0.783 bits per heavy atom. The Morgan fingerprint density at radius 2 is 1.52 bits per heavy atom. The lowest BCUT2D eigenvalue weighted by atomic mass is 10.1. The van der Waals surface area contributed by atoms with Crippen LogP contribution in [0.4, 0.5) is 17.2 Å². The van der Waals surface area contributed by atoms with Gasteiger partial charge in [0.1, 0.15) is 11.4 Å². The van der Waals surface area contributed by atoms with E-state index in [-0.39, 0.29) is 0 Å². The molecule has 0 bridgehead atoms. The van der Waals surface area contributed by atoms with Crippen LogP contribution in [0.1, 0.15) is 16.7 Å². The summed E-state index contributed by atoms with van der Waals surface area (Å²) in [6.07, 6.45) is 6.51. The van der Waals surface area contributed by atoms with E-state index in [4.69, 9.17) is 0 Å². The number of para-hydroxylation sites is 2. The lowest BCUT2D eigenvalue weighted by molar-refractivity contribution is -0.658. The highest BCUT2D eigenvalue weighted by atomic mass is 15.2. The normalized spacial score (nSPS) is 12.5. The van der Waals surface area contributed by atoms with Crippen LogP contribution in [0.2, 0.25) is 0 Å². The fourth-order valence-corrected chi connectivity index (χ4v) is 3.24. The summed E-state index contributed by atoms with van der Waals surface area (Å²) >= 11 is 0. The molecule has 0 saturated heterocycles. The summed E-state index contributed by atoms with van der Waals surface area (Å²) < 4.78 is 2.16. The van der Waals surface area contributed by atoms with Gasteiger partial charge in [0.15, 0.2) is 0 Å². The Morgan fingerprint density at radius 3 is 2.39 bits per heavy atom. The van der Waals surface area contributed by atoms with Crippen LogP contribution >= 0.6 is 0 Å². The predicted molar refractivity (Wildman–Crippen MR) is 96.0 cm³/mol. The molecule has 2 nitrogen and oxygen atoms in total. The van der Waals surface area contributed by atoms with E-state index in [2.05, 4.69) is 102 Å². The van der Waals surface area contributed by atoms with Crippen LogP contribution in [-0.2, 0) is 7.05 Å². The molecule has 2 aromatic carbocycles. The number of nitrogens with zero attached hydrogens (tertiary/aromatic N) is 2. The zero-order valence-corrected chi connectivity index (χ0v) is 13.4. The highest BCUT2D eigenvalue weighted by Gasteiger charge is 2.29. The summed E-state index contributed by atoms with van der Waals surface area (Å²) in [4.78, 5) is 2.36. The molecule has 0 aliphatic carbocycles. The summed E-state index contributed by atoms with van der Waals surface area (Å²) in [5.74, 6) is 1.15. The van der Waals surface area contributed by atoms with Crippen molar-refractivity contribution < 1.29 is 4.57 Å². The highest BCUT2D eigenvalue weighted by Crippen LogP contribution is 2.42. The van der Waals surface area contributed by atoms with Crippen molar-refractivity contribution in [3.05, 3.63) is 83.6 Å². The average molecular weight is 299 g/mol. The van der Waals surface area contributed by atoms with Crippen molar-refractivity contribution in [1.29, 1.82) is 0 Å². The number of hydrogen-bond donors (Lipinski definition) is 0. The number of aromatic nitrogens is 1.